The normalized spacial score (nSPS) is 10.8. The predicted molar refractivity (Wildman–Crippen MR) is 95.3 cm³/mol. The second-order valence-corrected chi connectivity index (χ2v) is 5.61. The molecular weight excluding hydrogens is 302 g/mol. The molecule has 0 spiro atoms. The van der Waals surface area contributed by atoms with Gasteiger partial charge < -0.3 is 9.84 Å². The molecule has 1 aromatic heterocycles. The molecule has 0 unspecified atom stereocenters. The smallest absolute Gasteiger partial charge is 0.337 e. The number of pyridine rings is 1. The second kappa shape index (κ2) is 7.13. The summed E-state index contributed by atoms with van der Waals surface area (Å²) in [6.45, 7) is 4.15. The maximum Gasteiger partial charge on any atom is 0.337 e. The minimum atomic E-state index is -0.916. The number of ether oxygens (including phenoxy) is 1. The van der Waals surface area contributed by atoms with Gasteiger partial charge in [0, 0.05) is 10.8 Å². The van der Waals surface area contributed by atoms with Crippen molar-refractivity contribution in [1.82, 2.24) is 4.98 Å². The van der Waals surface area contributed by atoms with E-state index in [2.05, 4.69) is 11.6 Å². The first kappa shape index (κ1) is 16.0. The lowest BCUT2D eigenvalue weighted by molar-refractivity contribution is 0.0701. The van der Waals surface area contributed by atoms with Gasteiger partial charge in [0.15, 0.2) is 0 Å². The van der Waals surface area contributed by atoms with Crippen LogP contribution >= 0.6 is 0 Å². The van der Waals surface area contributed by atoms with E-state index in [0.29, 0.717) is 23.1 Å². The van der Waals surface area contributed by atoms with Crippen LogP contribution in [-0.4, -0.2) is 22.7 Å². The molecule has 0 fully saturated rings. The summed E-state index contributed by atoms with van der Waals surface area (Å²) >= 11 is 0. The molecule has 1 N–H and O–H groups in total. The fourth-order valence-electron chi connectivity index (χ4n) is 3.03. The molecule has 1 heterocycles. The number of benzene rings is 2. The molecule has 3 rings (SSSR count). The summed E-state index contributed by atoms with van der Waals surface area (Å²) in [7, 11) is 0. The molecule has 122 valence electrons. The van der Waals surface area contributed by atoms with E-state index in [-0.39, 0.29) is 0 Å². The first-order valence-electron chi connectivity index (χ1n) is 7.98. The number of fused-ring (bicyclic) bond motifs is 2. The van der Waals surface area contributed by atoms with Crippen molar-refractivity contribution in [3.8, 4) is 0 Å². The van der Waals surface area contributed by atoms with Crippen molar-refractivity contribution in [1.29, 1.82) is 0 Å². The Balaban J connectivity index is 2.08. The standard InChI is InChI=1S/C20H19NO3/c1-2-24-13-6-5-8-14-9-7-12-17-18(14)19(20(22)23)15-10-3-4-11-16(15)21-17/h2-4,7,9-12H,1,5-6,8,13H2,(H,22,23). The number of hydrogen-bond acceptors (Lipinski definition) is 3. The third-order valence-corrected chi connectivity index (χ3v) is 4.08. The molecule has 0 aliphatic carbocycles. The van der Waals surface area contributed by atoms with Gasteiger partial charge in [-0.25, -0.2) is 9.78 Å². The first-order valence-corrected chi connectivity index (χ1v) is 7.98. The maximum atomic E-state index is 11.9. The average molecular weight is 321 g/mol. The molecule has 4 heteroatoms. The molecule has 2 aromatic carbocycles. The Morgan fingerprint density at radius 1 is 1.12 bits per heavy atom. The number of carboxylic acids is 1. The fourth-order valence-corrected chi connectivity index (χ4v) is 3.03. The Kier molecular flexibility index (Phi) is 4.75. The van der Waals surface area contributed by atoms with Crippen molar-refractivity contribution in [2.24, 2.45) is 0 Å². The molecule has 3 aromatic rings. The lowest BCUT2D eigenvalue weighted by Gasteiger charge is -2.12. The molecular formula is C20H19NO3. The van der Waals surface area contributed by atoms with E-state index in [1.807, 2.05) is 42.5 Å². The summed E-state index contributed by atoms with van der Waals surface area (Å²) < 4.78 is 5.14. The van der Waals surface area contributed by atoms with Crippen LogP contribution < -0.4 is 0 Å². The van der Waals surface area contributed by atoms with Crippen molar-refractivity contribution in [2.75, 3.05) is 6.61 Å². The molecule has 4 nitrogen and oxygen atoms in total. The van der Waals surface area contributed by atoms with Gasteiger partial charge in [-0.15, -0.1) is 0 Å². The number of nitrogens with zero attached hydrogens (tertiary/aromatic N) is 1. The third-order valence-electron chi connectivity index (χ3n) is 4.08. The van der Waals surface area contributed by atoms with Crippen LogP contribution in [0.4, 0.5) is 0 Å². The number of rotatable bonds is 7. The number of carbonyl (C=O) groups is 1. The van der Waals surface area contributed by atoms with Crippen LogP contribution in [-0.2, 0) is 11.2 Å². The van der Waals surface area contributed by atoms with Crippen LogP contribution in [0.2, 0.25) is 0 Å². The third kappa shape index (κ3) is 3.08. The molecule has 0 aliphatic heterocycles. The summed E-state index contributed by atoms with van der Waals surface area (Å²) in [5.74, 6) is -0.916. The number of aromatic carboxylic acids is 1. The van der Waals surface area contributed by atoms with Gasteiger partial charge in [0.1, 0.15) is 0 Å². The van der Waals surface area contributed by atoms with Crippen molar-refractivity contribution in [3.63, 3.8) is 0 Å². The molecule has 24 heavy (non-hydrogen) atoms. The van der Waals surface area contributed by atoms with E-state index in [0.717, 1.165) is 35.7 Å². The lowest BCUT2D eigenvalue weighted by Crippen LogP contribution is -2.03. The highest BCUT2D eigenvalue weighted by Gasteiger charge is 2.17. The second-order valence-electron chi connectivity index (χ2n) is 5.61. The number of aromatic nitrogens is 1. The van der Waals surface area contributed by atoms with Crippen molar-refractivity contribution >= 4 is 27.8 Å². The number of unbranched alkanes of at least 4 members (excludes halogenated alkanes) is 1. The molecule has 0 amide bonds. The summed E-state index contributed by atoms with van der Waals surface area (Å²) in [5, 5.41) is 11.2. The Morgan fingerprint density at radius 3 is 2.71 bits per heavy atom. The van der Waals surface area contributed by atoms with Gasteiger partial charge in [0.2, 0.25) is 0 Å². The molecule has 0 bridgehead atoms. The molecule has 0 radical (unpaired) electrons. The lowest BCUT2D eigenvalue weighted by atomic mass is 9.96. The minimum Gasteiger partial charge on any atom is -0.502 e. The van der Waals surface area contributed by atoms with Crippen molar-refractivity contribution < 1.29 is 14.6 Å². The highest BCUT2D eigenvalue weighted by atomic mass is 16.5. The molecule has 0 aliphatic rings. The molecule has 0 saturated heterocycles. The zero-order chi connectivity index (χ0) is 16.9. The van der Waals surface area contributed by atoms with Crippen LogP contribution in [0.3, 0.4) is 0 Å². The predicted octanol–water partition coefficient (Wildman–Crippen LogP) is 4.57. The van der Waals surface area contributed by atoms with Crippen LogP contribution in [0.25, 0.3) is 21.8 Å². The van der Waals surface area contributed by atoms with Crippen molar-refractivity contribution in [3.05, 3.63) is 66.4 Å². The maximum absolute atomic E-state index is 11.9. The van der Waals surface area contributed by atoms with E-state index < -0.39 is 5.97 Å². The van der Waals surface area contributed by atoms with E-state index in [9.17, 15) is 9.90 Å². The van der Waals surface area contributed by atoms with Gasteiger partial charge in [0.05, 0.1) is 29.5 Å². The molecule has 0 atom stereocenters. The van der Waals surface area contributed by atoms with Crippen LogP contribution in [0, 0.1) is 0 Å². The van der Waals surface area contributed by atoms with E-state index >= 15 is 0 Å². The Morgan fingerprint density at radius 2 is 1.92 bits per heavy atom. The van der Waals surface area contributed by atoms with Gasteiger partial charge in [-0.3, -0.25) is 0 Å². The Bertz CT molecular complexity index is 902. The largest absolute Gasteiger partial charge is 0.502 e. The summed E-state index contributed by atoms with van der Waals surface area (Å²) in [4.78, 5) is 16.6. The van der Waals surface area contributed by atoms with Crippen LogP contribution in [0.15, 0.2) is 55.3 Å². The van der Waals surface area contributed by atoms with Crippen LogP contribution in [0.5, 0.6) is 0 Å². The quantitative estimate of drug-likeness (QED) is 0.393. The summed E-state index contributed by atoms with van der Waals surface area (Å²) in [5.41, 5.74) is 2.79. The monoisotopic (exact) mass is 321 g/mol. The topological polar surface area (TPSA) is 59.4 Å². The Hall–Kier alpha value is -2.88. The zero-order valence-corrected chi connectivity index (χ0v) is 13.4. The van der Waals surface area contributed by atoms with Gasteiger partial charge in [-0.05, 0) is 37.0 Å². The van der Waals surface area contributed by atoms with E-state index in [1.54, 1.807) is 0 Å². The Labute approximate surface area is 140 Å². The number of carboxylic acid groups (broad SMARTS) is 1. The number of hydrogen-bond donors (Lipinski definition) is 1. The SMILES string of the molecule is C=COCCCCc1cccc2nc3ccccc3c(C(=O)O)c12. The highest BCUT2D eigenvalue weighted by molar-refractivity contribution is 6.14. The summed E-state index contributed by atoms with van der Waals surface area (Å²) in [6, 6.07) is 13.2. The molecule has 0 saturated carbocycles. The fraction of sp³-hybridized carbons (Fsp3) is 0.200. The van der Waals surface area contributed by atoms with Gasteiger partial charge in [-0.2, -0.15) is 0 Å². The van der Waals surface area contributed by atoms with E-state index in [4.69, 9.17) is 4.74 Å². The highest BCUT2D eigenvalue weighted by Crippen LogP contribution is 2.29. The van der Waals surface area contributed by atoms with Gasteiger partial charge in [-0.1, -0.05) is 36.9 Å². The zero-order valence-electron chi connectivity index (χ0n) is 13.4. The summed E-state index contributed by atoms with van der Waals surface area (Å²) in [6.07, 6.45) is 4.04. The minimum absolute atomic E-state index is 0.341. The number of aryl methyl sites for hydroxylation is 1. The van der Waals surface area contributed by atoms with E-state index in [1.165, 1.54) is 6.26 Å². The number of para-hydroxylation sites is 1. The first-order chi connectivity index (χ1) is 11.7. The van der Waals surface area contributed by atoms with Gasteiger partial charge >= 0.3 is 5.97 Å². The van der Waals surface area contributed by atoms with Gasteiger partial charge in [0.25, 0.3) is 0 Å². The average Bonchev–Trinajstić information content (AvgIpc) is 2.59. The van der Waals surface area contributed by atoms with Crippen LogP contribution in [0.1, 0.15) is 28.8 Å². The van der Waals surface area contributed by atoms with Crippen molar-refractivity contribution in [2.45, 2.75) is 19.3 Å².